The lowest BCUT2D eigenvalue weighted by molar-refractivity contribution is -0.152. The van der Waals surface area contributed by atoms with E-state index in [0.29, 0.717) is 5.92 Å². The Bertz CT molecular complexity index is 735. The topological polar surface area (TPSA) is 84.0 Å². The van der Waals surface area contributed by atoms with E-state index < -0.39 is 16.0 Å². The number of esters is 1. The van der Waals surface area contributed by atoms with Crippen LogP contribution < -0.4 is 0 Å². The molecule has 1 aromatic carbocycles. The van der Waals surface area contributed by atoms with E-state index in [1.807, 2.05) is 12.1 Å². The quantitative estimate of drug-likeness (QED) is 0.698. The van der Waals surface area contributed by atoms with Crippen LogP contribution >= 0.6 is 0 Å². The number of hydrogen-bond acceptors (Lipinski definition) is 5. The minimum absolute atomic E-state index is 0.217. The molecule has 8 heteroatoms. The van der Waals surface area contributed by atoms with Gasteiger partial charge in [-0.15, -0.1) is 0 Å². The Balaban J connectivity index is 1.95. The zero-order chi connectivity index (χ0) is 19.3. The maximum atomic E-state index is 12.8. The van der Waals surface area contributed by atoms with E-state index in [0.717, 1.165) is 5.56 Å². The molecular formula is C18H26N2O5S. The Labute approximate surface area is 155 Å². The lowest BCUT2D eigenvalue weighted by Crippen LogP contribution is -2.51. The summed E-state index contributed by atoms with van der Waals surface area (Å²) in [5.74, 6) is -0.391. The van der Waals surface area contributed by atoms with Crippen molar-refractivity contribution < 1.29 is 22.7 Å². The van der Waals surface area contributed by atoms with Gasteiger partial charge >= 0.3 is 5.97 Å². The fourth-order valence-electron chi connectivity index (χ4n) is 2.69. The first-order valence-electron chi connectivity index (χ1n) is 8.79. The molecule has 1 aliphatic heterocycles. The maximum Gasteiger partial charge on any atom is 0.306 e. The highest BCUT2D eigenvalue weighted by molar-refractivity contribution is 7.89. The Hall–Kier alpha value is -1.93. The summed E-state index contributed by atoms with van der Waals surface area (Å²) in [5, 5.41) is 0. The van der Waals surface area contributed by atoms with Crippen LogP contribution in [0.4, 0.5) is 0 Å². The molecule has 0 spiro atoms. The van der Waals surface area contributed by atoms with Crippen LogP contribution in [0.5, 0.6) is 0 Å². The van der Waals surface area contributed by atoms with Crippen molar-refractivity contribution in [2.24, 2.45) is 0 Å². The average molecular weight is 382 g/mol. The third-order valence-corrected chi connectivity index (χ3v) is 6.33. The van der Waals surface area contributed by atoms with Gasteiger partial charge in [-0.1, -0.05) is 32.9 Å². The minimum atomic E-state index is -3.57. The van der Waals surface area contributed by atoms with Gasteiger partial charge in [0.2, 0.25) is 10.0 Å². The molecule has 1 amide bonds. The van der Waals surface area contributed by atoms with Crippen LogP contribution in [0.3, 0.4) is 0 Å². The molecule has 7 nitrogen and oxygen atoms in total. The summed E-state index contributed by atoms with van der Waals surface area (Å²) in [5.41, 5.74) is 1.08. The van der Waals surface area contributed by atoms with E-state index in [2.05, 4.69) is 13.8 Å². The van der Waals surface area contributed by atoms with Crippen LogP contribution in [0.15, 0.2) is 29.2 Å². The molecule has 1 aromatic rings. The lowest BCUT2D eigenvalue weighted by atomic mass is 10.0. The van der Waals surface area contributed by atoms with Crippen molar-refractivity contribution in [2.75, 3.05) is 32.8 Å². The molecule has 0 radical (unpaired) electrons. The SMILES string of the molecule is CCC(=O)OCC(=O)N1CCN(S(=O)(=O)c2ccc(C(C)C)cc2)CC1. The predicted octanol–water partition coefficient (Wildman–Crippen LogP) is 1.60. The summed E-state index contributed by atoms with van der Waals surface area (Å²) < 4.78 is 31.7. The van der Waals surface area contributed by atoms with Gasteiger partial charge < -0.3 is 9.64 Å². The molecule has 1 fully saturated rings. The molecule has 2 rings (SSSR count). The van der Waals surface area contributed by atoms with Crippen molar-refractivity contribution in [3.8, 4) is 0 Å². The molecule has 1 heterocycles. The highest BCUT2D eigenvalue weighted by Crippen LogP contribution is 2.21. The average Bonchev–Trinajstić information content (AvgIpc) is 2.65. The number of hydrogen-bond donors (Lipinski definition) is 0. The minimum Gasteiger partial charge on any atom is -0.456 e. The summed E-state index contributed by atoms with van der Waals surface area (Å²) >= 11 is 0. The molecular weight excluding hydrogens is 356 g/mol. The largest absolute Gasteiger partial charge is 0.456 e. The number of carbonyl (C=O) groups is 2. The highest BCUT2D eigenvalue weighted by Gasteiger charge is 2.30. The molecule has 26 heavy (non-hydrogen) atoms. The first kappa shape index (κ1) is 20.4. The van der Waals surface area contributed by atoms with Crippen LogP contribution in [0.25, 0.3) is 0 Å². The van der Waals surface area contributed by atoms with Crippen LogP contribution in [0, 0.1) is 0 Å². The number of sulfonamides is 1. The Morgan fingerprint density at radius 1 is 1.08 bits per heavy atom. The molecule has 0 bridgehead atoms. The zero-order valence-corrected chi connectivity index (χ0v) is 16.3. The zero-order valence-electron chi connectivity index (χ0n) is 15.5. The molecule has 0 unspecified atom stereocenters. The number of amides is 1. The van der Waals surface area contributed by atoms with E-state index in [9.17, 15) is 18.0 Å². The Kier molecular flexibility index (Phi) is 6.77. The second-order valence-electron chi connectivity index (χ2n) is 6.52. The van der Waals surface area contributed by atoms with Crippen molar-refractivity contribution in [3.63, 3.8) is 0 Å². The van der Waals surface area contributed by atoms with Gasteiger partial charge in [-0.05, 0) is 23.6 Å². The highest BCUT2D eigenvalue weighted by atomic mass is 32.2. The van der Waals surface area contributed by atoms with Crippen molar-refractivity contribution in [3.05, 3.63) is 29.8 Å². The van der Waals surface area contributed by atoms with Crippen molar-refractivity contribution >= 4 is 21.9 Å². The molecule has 0 saturated carbocycles. The number of ether oxygens (including phenoxy) is 1. The summed E-state index contributed by atoms with van der Waals surface area (Å²) in [6, 6.07) is 6.93. The van der Waals surface area contributed by atoms with E-state index in [1.54, 1.807) is 19.1 Å². The summed E-state index contributed by atoms with van der Waals surface area (Å²) in [7, 11) is -3.57. The molecule has 0 aromatic heterocycles. The fraction of sp³-hybridized carbons (Fsp3) is 0.556. The van der Waals surface area contributed by atoms with Gasteiger partial charge in [0.1, 0.15) is 0 Å². The van der Waals surface area contributed by atoms with Crippen LogP contribution in [0.2, 0.25) is 0 Å². The molecule has 0 atom stereocenters. The van der Waals surface area contributed by atoms with Crippen LogP contribution in [-0.4, -0.2) is 62.3 Å². The van der Waals surface area contributed by atoms with Crippen LogP contribution in [-0.2, 0) is 24.3 Å². The standard InChI is InChI=1S/C18H26N2O5S/c1-4-18(22)25-13-17(21)19-9-11-20(12-10-19)26(23,24)16-7-5-15(6-8-16)14(2)3/h5-8,14H,4,9-13H2,1-3H3. The molecule has 144 valence electrons. The van der Waals surface area contributed by atoms with Gasteiger partial charge in [0, 0.05) is 32.6 Å². The number of rotatable bonds is 6. The van der Waals surface area contributed by atoms with Gasteiger partial charge in [0.05, 0.1) is 4.90 Å². The second kappa shape index (κ2) is 8.64. The van der Waals surface area contributed by atoms with E-state index >= 15 is 0 Å². The normalized spacial score (nSPS) is 15.9. The van der Waals surface area contributed by atoms with E-state index in [1.165, 1.54) is 9.21 Å². The summed E-state index contributed by atoms with van der Waals surface area (Å²) in [6.07, 6.45) is 0.217. The second-order valence-corrected chi connectivity index (χ2v) is 8.46. The third kappa shape index (κ3) is 4.82. The van der Waals surface area contributed by atoms with E-state index in [-0.39, 0.29) is 50.0 Å². The van der Waals surface area contributed by atoms with Gasteiger partial charge in [-0.2, -0.15) is 4.31 Å². The van der Waals surface area contributed by atoms with E-state index in [4.69, 9.17) is 4.74 Å². The van der Waals surface area contributed by atoms with Gasteiger partial charge in [0.25, 0.3) is 5.91 Å². The first-order chi connectivity index (χ1) is 12.3. The summed E-state index contributed by atoms with van der Waals surface area (Å²) in [4.78, 5) is 24.9. The number of nitrogens with zero attached hydrogens (tertiary/aromatic N) is 2. The van der Waals surface area contributed by atoms with Crippen LogP contribution in [0.1, 0.15) is 38.7 Å². The van der Waals surface area contributed by atoms with Gasteiger partial charge in [-0.3, -0.25) is 9.59 Å². The van der Waals surface area contributed by atoms with Crippen molar-refractivity contribution in [1.29, 1.82) is 0 Å². The fourth-order valence-corrected chi connectivity index (χ4v) is 4.11. The molecule has 0 aliphatic carbocycles. The van der Waals surface area contributed by atoms with Gasteiger partial charge in [-0.25, -0.2) is 8.42 Å². The Morgan fingerprint density at radius 2 is 1.65 bits per heavy atom. The van der Waals surface area contributed by atoms with Crippen molar-refractivity contribution in [2.45, 2.75) is 38.0 Å². The number of carbonyl (C=O) groups excluding carboxylic acids is 2. The molecule has 0 N–H and O–H groups in total. The lowest BCUT2D eigenvalue weighted by Gasteiger charge is -2.33. The monoisotopic (exact) mass is 382 g/mol. The smallest absolute Gasteiger partial charge is 0.306 e. The first-order valence-corrected chi connectivity index (χ1v) is 10.2. The number of benzene rings is 1. The molecule has 1 saturated heterocycles. The Morgan fingerprint density at radius 3 is 2.15 bits per heavy atom. The third-order valence-electron chi connectivity index (χ3n) is 4.42. The predicted molar refractivity (Wildman–Crippen MR) is 97.1 cm³/mol. The summed E-state index contributed by atoms with van der Waals surface area (Å²) in [6.45, 7) is 6.48. The molecule has 1 aliphatic rings. The maximum absolute atomic E-state index is 12.8. The number of piperazine rings is 1. The van der Waals surface area contributed by atoms with Crippen molar-refractivity contribution in [1.82, 2.24) is 9.21 Å². The van der Waals surface area contributed by atoms with Gasteiger partial charge in [0.15, 0.2) is 6.61 Å².